The van der Waals surface area contributed by atoms with E-state index in [1.54, 1.807) is 27.7 Å². The van der Waals surface area contributed by atoms with Crippen molar-refractivity contribution in [1.82, 2.24) is 9.55 Å². The fourth-order valence-corrected chi connectivity index (χ4v) is 4.52. The number of nitrogens with one attached hydrogen (secondary N) is 1. The maximum absolute atomic E-state index is 13.1. The fourth-order valence-electron chi connectivity index (χ4n) is 4.25. The van der Waals surface area contributed by atoms with E-state index in [9.17, 15) is 9.59 Å². The number of ether oxygens (including phenoxy) is 1. The topological polar surface area (TPSA) is 67.3 Å². The average molecular weight is 407 g/mol. The van der Waals surface area contributed by atoms with Gasteiger partial charge in [0, 0.05) is 24.4 Å². The Labute approximate surface area is 172 Å². The highest BCUT2D eigenvalue weighted by Crippen LogP contribution is 2.29. The van der Waals surface area contributed by atoms with Gasteiger partial charge in [-0.3, -0.25) is 14.2 Å². The van der Waals surface area contributed by atoms with Crippen molar-refractivity contribution < 1.29 is 9.53 Å². The lowest BCUT2D eigenvalue weighted by atomic mass is 10.1. The predicted molar refractivity (Wildman–Crippen MR) is 114 cm³/mol. The molecule has 0 radical (unpaired) electrons. The number of fused-ring (bicyclic) bond motifs is 2. The summed E-state index contributed by atoms with van der Waals surface area (Å²) in [5.74, 6) is -0.0697. The van der Waals surface area contributed by atoms with Crippen LogP contribution in [0.25, 0.3) is 10.9 Å². The Morgan fingerprint density at radius 1 is 1.24 bits per heavy atom. The molecule has 1 amide bonds. The van der Waals surface area contributed by atoms with E-state index in [0.29, 0.717) is 34.3 Å². The summed E-state index contributed by atoms with van der Waals surface area (Å²) in [6.45, 7) is 1.85. The van der Waals surface area contributed by atoms with Crippen LogP contribution in [0.4, 0.5) is 5.69 Å². The molecule has 3 aromatic rings. The van der Waals surface area contributed by atoms with Crippen LogP contribution >= 0.6 is 12.2 Å². The molecule has 1 aromatic heterocycles. The molecule has 0 bridgehead atoms. The first-order valence-electron chi connectivity index (χ1n) is 9.90. The van der Waals surface area contributed by atoms with Gasteiger partial charge in [-0.2, -0.15) is 0 Å². The van der Waals surface area contributed by atoms with Crippen molar-refractivity contribution >= 4 is 34.7 Å². The number of carbonyl (C=O) groups excluding carboxylic acids is 1. The first kappa shape index (κ1) is 18.3. The van der Waals surface area contributed by atoms with E-state index >= 15 is 0 Å². The molecule has 1 saturated heterocycles. The number of H-pyrrole nitrogens is 1. The van der Waals surface area contributed by atoms with E-state index in [1.165, 1.54) is 5.56 Å². The lowest BCUT2D eigenvalue weighted by Gasteiger charge is -2.18. The lowest BCUT2D eigenvalue weighted by molar-refractivity contribution is 0.0957. The van der Waals surface area contributed by atoms with E-state index < -0.39 is 0 Å². The van der Waals surface area contributed by atoms with Crippen LogP contribution in [0.2, 0.25) is 0 Å². The molecule has 0 spiro atoms. The van der Waals surface area contributed by atoms with E-state index in [-0.39, 0.29) is 17.6 Å². The number of aromatic amines is 1. The average Bonchev–Trinajstić information content (AvgIpc) is 3.40. The van der Waals surface area contributed by atoms with E-state index in [1.807, 2.05) is 18.2 Å². The molecule has 1 N–H and O–H groups in total. The van der Waals surface area contributed by atoms with Crippen LogP contribution in [-0.2, 0) is 17.7 Å². The van der Waals surface area contributed by atoms with Gasteiger partial charge in [-0.05, 0) is 61.3 Å². The molecule has 148 valence electrons. The van der Waals surface area contributed by atoms with Crippen molar-refractivity contribution in [3.05, 3.63) is 68.7 Å². The summed E-state index contributed by atoms with van der Waals surface area (Å²) in [6.07, 6.45) is 2.82. The van der Waals surface area contributed by atoms with Crippen molar-refractivity contribution in [2.45, 2.75) is 31.9 Å². The zero-order valence-electron chi connectivity index (χ0n) is 15.9. The minimum Gasteiger partial charge on any atom is -0.376 e. The second-order valence-corrected chi connectivity index (χ2v) is 7.96. The Morgan fingerprint density at radius 3 is 2.93 bits per heavy atom. The number of amides is 1. The second kappa shape index (κ2) is 7.24. The maximum Gasteiger partial charge on any atom is 0.262 e. The van der Waals surface area contributed by atoms with E-state index in [0.717, 1.165) is 31.6 Å². The fraction of sp³-hybridized carbons (Fsp3) is 0.318. The maximum atomic E-state index is 13.1. The number of anilines is 1. The molecular formula is C22H21N3O3S. The summed E-state index contributed by atoms with van der Waals surface area (Å²) in [4.78, 5) is 31.0. The third-order valence-electron chi connectivity index (χ3n) is 5.77. The number of hydrogen-bond donors (Lipinski definition) is 1. The summed E-state index contributed by atoms with van der Waals surface area (Å²) in [6, 6.07) is 13.1. The number of hydrogen-bond acceptors (Lipinski definition) is 4. The van der Waals surface area contributed by atoms with Crippen molar-refractivity contribution in [1.29, 1.82) is 0 Å². The molecule has 2 aliphatic heterocycles. The molecule has 0 aliphatic carbocycles. The van der Waals surface area contributed by atoms with E-state index in [4.69, 9.17) is 17.0 Å². The Bertz CT molecular complexity index is 1220. The Hall–Kier alpha value is -2.77. The highest BCUT2D eigenvalue weighted by atomic mass is 32.1. The highest BCUT2D eigenvalue weighted by molar-refractivity contribution is 7.71. The second-order valence-electron chi connectivity index (χ2n) is 7.58. The van der Waals surface area contributed by atoms with Gasteiger partial charge in [-0.25, -0.2) is 0 Å². The molecule has 5 rings (SSSR count). The lowest BCUT2D eigenvalue weighted by Crippen LogP contribution is -2.30. The van der Waals surface area contributed by atoms with Crippen molar-refractivity contribution in [3.8, 4) is 0 Å². The van der Waals surface area contributed by atoms with Crippen LogP contribution in [0.5, 0.6) is 0 Å². The summed E-state index contributed by atoms with van der Waals surface area (Å²) in [7, 11) is 0. The molecule has 0 unspecified atom stereocenters. The van der Waals surface area contributed by atoms with Crippen molar-refractivity contribution in [2.24, 2.45) is 0 Å². The van der Waals surface area contributed by atoms with Gasteiger partial charge >= 0.3 is 0 Å². The van der Waals surface area contributed by atoms with Gasteiger partial charge in [0.15, 0.2) is 4.77 Å². The monoisotopic (exact) mass is 407 g/mol. The number of nitrogens with zero attached hydrogens (tertiary/aromatic N) is 2. The predicted octanol–water partition coefficient (Wildman–Crippen LogP) is 3.44. The van der Waals surface area contributed by atoms with Crippen molar-refractivity contribution in [2.75, 3.05) is 18.1 Å². The number of para-hydroxylation sites is 1. The standard InChI is InChI=1S/C22H21N3O3S/c26-20(24-10-9-14-4-1-2-6-19(14)24)15-7-8-17-18(12-15)23-22(29)25(21(17)27)13-16-5-3-11-28-16/h1-2,4,6-8,12,16H,3,5,9-11,13H2,(H,23,29)/t16-/m0/s1. The Morgan fingerprint density at radius 2 is 2.10 bits per heavy atom. The van der Waals surface area contributed by atoms with Gasteiger partial charge in [0.05, 0.1) is 23.6 Å². The third-order valence-corrected chi connectivity index (χ3v) is 6.09. The van der Waals surface area contributed by atoms with Gasteiger partial charge in [0.1, 0.15) is 0 Å². The summed E-state index contributed by atoms with van der Waals surface area (Å²) < 4.78 is 7.56. The molecule has 29 heavy (non-hydrogen) atoms. The third kappa shape index (κ3) is 3.20. The van der Waals surface area contributed by atoms with Crippen LogP contribution in [-0.4, -0.2) is 34.7 Å². The van der Waals surface area contributed by atoms with E-state index in [2.05, 4.69) is 11.1 Å². The molecule has 6 nitrogen and oxygen atoms in total. The van der Waals surface area contributed by atoms with Gasteiger partial charge in [0.2, 0.25) is 0 Å². The summed E-state index contributed by atoms with van der Waals surface area (Å²) in [5, 5.41) is 0.523. The van der Waals surface area contributed by atoms with Gasteiger partial charge < -0.3 is 14.6 Å². The first-order chi connectivity index (χ1) is 14.1. The number of carbonyl (C=O) groups is 1. The SMILES string of the molecule is O=C(c1ccc2c(=O)n(C[C@@H]3CCCO3)c(=S)[nH]c2c1)N1CCc2ccccc21. The number of aromatic nitrogens is 2. The molecule has 1 atom stereocenters. The van der Waals surface area contributed by atoms with Crippen LogP contribution in [0.15, 0.2) is 47.3 Å². The minimum absolute atomic E-state index is 0.0244. The quantitative estimate of drug-likeness (QED) is 0.676. The smallest absolute Gasteiger partial charge is 0.262 e. The summed E-state index contributed by atoms with van der Waals surface area (Å²) >= 11 is 5.43. The Kier molecular flexibility index (Phi) is 4.56. The molecular weight excluding hydrogens is 386 g/mol. The van der Waals surface area contributed by atoms with Crippen LogP contribution < -0.4 is 10.5 Å². The molecule has 1 fully saturated rings. The first-order valence-corrected chi connectivity index (χ1v) is 10.3. The van der Waals surface area contributed by atoms with Crippen LogP contribution in [0, 0.1) is 4.77 Å². The Balaban J connectivity index is 1.50. The molecule has 2 aliphatic rings. The van der Waals surface area contributed by atoms with Gasteiger partial charge in [-0.1, -0.05) is 18.2 Å². The minimum atomic E-state index is -0.148. The van der Waals surface area contributed by atoms with Crippen molar-refractivity contribution in [3.63, 3.8) is 0 Å². The molecule has 0 saturated carbocycles. The highest BCUT2D eigenvalue weighted by Gasteiger charge is 2.25. The number of rotatable bonds is 3. The zero-order valence-corrected chi connectivity index (χ0v) is 16.7. The van der Waals surface area contributed by atoms with Crippen LogP contribution in [0.3, 0.4) is 0 Å². The number of benzene rings is 2. The molecule has 7 heteroatoms. The molecule has 3 heterocycles. The van der Waals surface area contributed by atoms with Crippen LogP contribution in [0.1, 0.15) is 28.8 Å². The van der Waals surface area contributed by atoms with Gasteiger partial charge in [-0.15, -0.1) is 0 Å². The normalized spacial score (nSPS) is 18.3. The summed E-state index contributed by atoms with van der Waals surface area (Å²) in [5.41, 5.74) is 3.11. The largest absolute Gasteiger partial charge is 0.376 e. The van der Waals surface area contributed by atoms with Gasteiger partial charge in [0.25, 0.3) is 11.5 Å². The zero-order chi connectivity index (χ0) is 20.0. The molecule has 2 aromatic carbocycles.